The van der Waals surface area contributed by atoms with Gasteiger partial charge in [0.25, 0.3) is 0 Å². The summed E-state index contributed by atoms with van der Waals surface area (Å²) in [5, 5.41) is 10.3. The van der Waals surface area contributed by atoms with Crippen LogP contribution in [0.2, 0.25) is 5.02 Å². The number of pyridine rings is 1. The normalized spacial score (nSPS) is 13.9. The number of hydrogen-bond acceptors (Lipinski definition) is 3. The molecule has 0 amide bonds. The van der Waals surface area contributed by atoms with E-state index in [0.717, 1.165) is 46.9 Å². The van der Waals surface area contributed by atoms with Crippen LogP contribution in [0.5, 0.6) is 0 Å². The Bertz CT molecular complexity index is 1110. The third kappa shape index (κ3) is 2.35. The molecule has 5 nitrogen and oxygen atoms in total. The zero-order valence-corrected chi connectivity index (χ0v) is 15.1. The van der Waals surface area contributed by atoms with Crippen molar-refractivity contribution in [2.24, 2.45) is 0 Å². The molecule has 0 saturated carbocycles. The number of H-pyrrole nitrogens is 1. The molecule has 0 spiro atoms. The van der Waals surface area contributed by atoms with E-state index in [9.17, 15) is 0 Å². The number of nitrogens with zero attached hydrogens (tertiary/aromatic N) is 3. The molecule has 0 atom stereocenters. The number of aromatic nitrogens is 4. The van der Waals surface area contributed by atoms with Crippen molar-refractivity contribution in [3.8, 4) is 22.4 Å². The van der Waals surface area contributed by atoms with E-state index in [1.54, 1.807) is 0 Å². The molecule has 3 aromatic heterocycles. The first-order valence-electron chi connectivity index (χ1n) is 8.72. The zero-order chi connectivity index (χ0) is 17.7. The van der Waals surface area contributed by atoms with E-state index >= 15 is 0 Å². The molecule has 6 heteroatoms. The lowest BCUT2D eigenvalue weighted by molar-refractivity contribution is 0.477. The number of hydrogen-bond donors (Lipinski definition) is 2. The highest BCUT2D eigenvalue weighted by atomic mass is 35.5. The molecule has 26 heavy (non-hydrogen) atoms. The lowest BCUT2D eigenvalue weighted by atomic mass is 9.96. The summed E-state index contributed by atoms with van der Waals surface area (Å²) in [7, 11) is 0. The van der Waals surface area contributed by atoms with Crippen molar-refractivity contribution in [3.05, 3.63) is 59.0 Å². The van der Waals surface area contributed by atoms with E-state index < -0.39 is 0 Å². The van der Waals surface area contributed by atoms with Crippen LogP contribution in [0.15, 0.2) is 42.7 Å². The van der Waals surface area contributed by atoms with Crippen LogP contribution < -0.4 is 5.32 Å². The van der Waals surface area contributed by atoms with Crippen LogP contribution in [0.3, 0.4) is 0 Å². The number of rotatable bonds is 2. The Labute approximate surface area is 156 Å². The smallest absolute Gasteiger partial charge is 0.138 e. The van der Waals surface area contributed by atoms with E-state index in [0.29, 0.717) is 0 Å². The minimum absolute atomic E-state index is 0.730. The molecule has 0 unspecified atom stereocenters. The van der Waals surface area contributed by atoms with Crippen LogP contribution in [0.1, 0.15) is 11.3 Å². The van der Waals surface area contributed by atoms with Gasteiger partial charge in [0.2, 0.25) is 0 Å². The number of fused-ring (bicyclic) bond motifs is 2. The summed E-state index contributed by atoms with van der Waals surface area (Å²) >= 11 is 6.09. The predicted octanol–water partition coefficient (Wildman–Crippen LogP) is 4.16. The van der Waals surface area contributed by atoms with Gasteiger partial charge in [0.05, 0.1) is 12.2 Å². The SMILES string of the molecule is Cc1c[nH]c2nccc(-c3c(-c4ccc(Cl)cc4)nn4c3CNCC4)c12. The molecule has 0 aliphatic carbocycles. The first kappa shape index (κ1) is 15.6. The number of benzene rings is 1. The van der Waals surface area contributed by atoms with E-state index in [2.05, 4.69) is 33.0 Å². The molecule has 0 saturated heterocycles. The van der Waals surface area contributed by atoms with Crippen molar-refractivity contribution < 1.29 is 0 Å². The van der Waals surface area contributed by atoms with Crippen molar-refractivity contribution in [2.75, 3.05) is 6.54 Å². The van der Waals surface area contributed by atoms with E-state index in [-0.39, 0.29) is 0 Å². The molecule has 4 aromatic rings. The second-order valence-electron chi connectivity index (χ2n) is 6.63. The number of aromatic amines is 1. The Balaban J connectivity index is 1.83. The third-order valence-electron chi connectivity index (χ3n) is 5.01. The Morgan fingerprint density at radius 3 is 2.85 bits per heavy atom. The highest BCUT2D eigenvalue weighted by molar-refractivity contribution is 6.30. The Kier molecular flexibility index (Phi) is 3.58. The maximum Gasteiger partial charge on any atom is 0.138 e. The summed E-state index contributed by atoms with van der Waals surface area (Å²) in [6.07, 6.45) is 3.87. The first-order chi connectivity index (χ1) is 12.7. The standard InChI is InChI=1S/C20H18ClN5/c1-12-10-24-20-17(12)15(6-7-23-20)18-16-11-22-8-9-26(16)25-19(18)13-2-4-14(21)5-3-13/h2-7,10,22H,8-9,11H2,1H3,(H,23,24). The van der Waals surface area contributed by atoms with Gasteiger partial charge in [0, 0.05) is 47.0 Å². The second-order valence-corrected chi connectivity index (χ2v) is 7.07. The van der Waals surface area contributed by atoms with Crippen molar-refractivity contribution in [1.29, 1.82) is 0 Å². The Morgan fingerprint density at radius 1 is 1.15 bits per heavy atom. The van der Waals surface area contributed by atoms with Crippen molar-refractivity contribution >= 4 is 22.6 Å². The quantitative estimate of drug-likeness (QED) is 0.562. The average Bonchev–Trinajstić information content (AvgIpc) is 3.23. The van der Waals surface area contributed by atoms with Crippen LogP contribution in [0.4, 0.5) is 0 Å². The minimum Gasteiger partial charge on any atom is -0.346 e. The monoisotopic (exact) mass is 363 g/mol. The molecule has 1 aromatic carbocycles. The molecule has 1 aliphatic heterocycles. The highest BCUT2D eigenvalue weighted by Gasteiger charge is 2.24. The van der Waals surface area contributed by atoms with Gasteiger partial charge in [-0.15, -0.1) is 0 Å². The van der Waals surface area contributed by atoms with Gasteiger partial charge in [-0.05, 0) is 36.2 Å². The van der Waals surface area contributed by atoms with Gasteiger partial charge in [-0.1, -0.05) is 23.7 Å². The van der Waals surface area contributed by atoms with Crippen LogP contribution in [-0.4, -0.2) is 26.3 Å². The summed E-state index contributed by atoms with van der Waals surface area (Å²) < 4.78 is 2.13. The van der Waals surface area contributed by atoms with E-state index in [1.165, 1.54) is 22.4 Å². The molecule has 1 aliphatic rings. The lowest BCUT2D eigenvalue weighted by Gasteiger charge is -2.16. The lowest BCUT2D eigenvalue weighted by Crippen LogP contribution is -2.28. The summed E-state index contributed by atoms with van der Waals surface area (Å²) in [5.41, 5.74) is 7.73. The van der Waals surface area contributed by atoms with Crippen LogP contribution in [0, 0.1) is 6.92 Å². The minimum atomic E-state index is 0.730. The van der Waals surface area contributed by atoms with E-state index in [4.69, 9.17) is 16.7 Å². The van der Waals surface area contributed by atoms with Crippen LogP contribution in [-0.2, 0) is 13.1 Å². The number of halogens is 1. The third-order valence-corrected chi connectivity index (χ3v) is 5.26. The molecule has 5 rings (SSSR count). The molecule has 130 valence electrons. The van der Waals surface area contributed by atoms with Gasteiger partial charge in [0.15, 0.2) is 0 Å². The summed E-state index contributed by atoms with van der Waals surface area (Å²) in [5.74, 6) is 0. The number of nitrogens with one attached hydrogen (secondary N) is 2. The second kappa shape index (κ2) is 5.97. The molecular formula is C20H18ClN5. The first-order valence-corrected chi connectivity index (χ1v) is 9.09. The highest BCUT2D eigenvalue weighted by Crippen LogP contribution is 2.39. The van der Waals surface area contributed by atoms with Crippen molar-refractivity contribution in [1.82, 2.24) is 25.1 Å². The maximum absolute atomic E-state index is 6.09. The molecule has 0 bridgehead atoms. The average molecular weight is 364 g/mol. The van der Waals surface area contributed by atoms with Crippen LogP contribution >= 0.6 is 11.6 Å². The molecule has 0 radical (unpaired) electrons. The fraction of sp³-hybridized carbons (Fsp3) is 0.200. The summed E-state index contributed by atoms with van der Waals surface area (Å²) in [6.45, 7) is 4.72. The Hall–Kier alpha value is -2.63. The largest absolute Gasteiger partial charge is 0.346 e. The fourth-order valence-electron chi connectivity index (χ4n) is 3.77. The Morgan fingerprint density at radius 2 is 2.00 bits per heavy atom. The molecule has 0 fully saturated rings. The van der Waals surface area contributed by atoms with Crippen LogP contribution in [0.25, 0.3) is 33.4 Å². The summed E-state index contributed by atoms with van der Waals surface area (Å²) in [4.78, 5) is 7.75. The van der Waals surface area contributed by atoms with Crippen molar-refractivity contribution in [2.45, 2.75) is 20.0 Å². The molecule has 4 heterocycles. The zero-order valence-electron chi connectivity index (χ0n) is 14.4. The van der Waals surface area contributed by atoms with Gasteiger partial charge >= 0.3 is 0 Å². The van der Waals surface area contributed by atoms with Crippen molar-refractivity contribution in [3.63, 3.8) is 0 Å². The number of aryl methyl sites for hydroxylation is 1. The molecular weight excluding hydrogens is 346 g/mol. The topological polar surface area (TPSA) is 58.5 Å². The van der Waals surface area contributed by atoms with Gasteiger partial charge < -0.3 is 10.3 Å². The van der Waals surface area contributed by atoms with Gasteiger partial charge in [-0.3, -0.25) is 4.68 Å². The van der Waals surface area contributed by atoms with Gasteiger partial charge in [-0.2, -0.15) is 5.10 Å². The maximum atomic E-state index is 6.09. The predicted molar refractivity (Wildman–Crippen MR) is 104 cm³/mol. The summed E-state index contributed by atoms with van der Waals surface area (Å²) in [6, 6.07) is 10.0. The van der Waals surface area contributed by atoms with E-state index in [1.807, 2.05) is 36.7 Å². The fourth-order valence-corrected chi connectivity index (χ4v) is 3.90. The van der Waals surface area contributed by atoms with Gasteiger partial charge in [-0.25, -0.2) is 4.98 Å². The molecule has 2 N–H and O–H groups in total. The van der Waals surface area contributed by atoms with Gasteiger partial charge in [0.1, 0.15) is 11.3 Å².